The molecule has 0 atom stereocenters. The van der Waals surface area contributed by atoms with Gasteiger partial charge in [-0.3, -0.25) is 9.59 Å². The molecule has 0 unspecified atom stereocenters. The Kier molecular flexibility index (Phi) is 4.04. The summed E-state index contributed by atoms with van der Waals surface area (Å²) in [6, 6.07) is 0. The van der Waals surface area contributed by atoms with Gasteiger partial charge >= 0.3 is 0 Å². The lowest BCUT2D eigenvalue weighted by Gasteiger charge is -2.11. The van der Waals surface area contributed by atoms with Crippen LogP contribution >= 0.6 is 27.3 Å². The number of aromatic nitrogens is 3. The molecule has 1 saturated heterocycles. The number of rotatable bonds is 2. The number of halogens is 1. The number of fused-ring (bicyclic) bond motifs is 1. The number of hydrogen-bond acceptors (Lipinski definition) is 7. The van der Waals surface area contributed by atoms with Crippen molar-refractivity contribution in [2.75, 3.05) is 23.7 Å². The highest BCUT2D eigenvalue weighted by atomic mass is 79.9. The summed E-state index contributed by atoms with van der Waals surface area (Å²) in [5.74, 6) is 0.129. The Labute approximate surface area is 155 Å². The predicted octanol–water partition coefficient (Wildman–Crippen LogP) is 2.13. The molecule has 2 N–H and O–H groups in total. The molecule has 25 heavy (non-hydrogen) atoms. The smallest absolute Gasteiger partial charge is 0.283 e. The average Bonchev–Trinajstić information content (AvgIpc) is 3.23. The minimum absolute atomic E-state index is 0.120. The van der Waals surface area contributed by atoms with Gasteiger partial charge in [0, 0.05) is 13.1 Å². The molecule has 128 valence electrons. The fourth-order valence-corrected chi connectivity index (χ4v) is 4.17. The van der Waals surface area contributed by atoms with E-state index in [9.17, 15) is 9.59 Å². The van der Waals surface area contributed by atoms with Gasteiger partial charge in [0.25, 0.3) is 5.56 Å². The van der Waals surface area contributed by atoms with Crippen molar-refractivity contribution >= 4 is 55.0 Å². The van der Waals surface area contributed by atoms with Crippen LogP contribution in [-0.4, -0.2) is 33.5 Å². The summed E-state index contributed by atoms with van der Waals surface area (Å²) in [5.41, 5.74) is 6.74. The third kappa shape index (κ3) is 2.93. The summed E-state index contributed by atoms with van der Waals surface area (Å²) in [5, 5.41) is 5.35. The number of ketones is 1. The molecule has 0 amide bonds. The Morgan fingerprint density at radius 1 is 1.24 bits per heavy atom. The molecule has 0 bridgehead atoms. The van der Waals surface area contributed by atoms with Crippen molar-refractivity contribution in [2.24, 2.45) is 0 Å². The summed E-state index contributed by atoms with van der Waals surface area (Å²) in [4.78, 5) is 30.7. The average molecular weight is 420 g/mol. The minimum Gasteiger partial charge on any atom is -0.383 e. The second-order valence-electron chi connectivity index (χ2n) is 5.82. The van der Waals surface area contributed by atoms with Gasteiger partial charge in [-0.2, -0.15) is 9.50 Å². The molecule has 0 saturated carbocycles. The molecule has 7 nitrogen and oxygen atoms in total. The molecule has 4 rings (SSSR count). The number of allylic oxidation sites excluding steroid dienone is 5. The number of nitrogen functional groups attached to an aromatic ring is 1. The first-order valence-corrected chi connectivity index (χ1v) is 9.39. The number of hydrogen-bond donors (Lipinski definition) is 1. The highest BCUT2D eigenvalue weighted by molar-refractivity contribution is 9.12. The van der Waals surface area contributed by atoms with Crippen molar-refractivity contribution in [3.8, 4) is 0 Å². The van der Waals surface area contributed by atoms with E-state index in [-0.39, 0.29) is 17.2 Å². The maximum Gasteiger partial charge on any atom is 0.283 e. The molecule has 1 aliphatic heterocycles. The quantitative estimate of drug-likeness (QED) is 0.800. The van der Waals surface area contributed by atoms with Crippen LogP contribution in [0.4, 0.5) is 10.9 Å². The van der Waals surface area contributed by atoms with Crippen LogP contribution in [0.5, 0.6) is 0 Å². The monoisotopic (exact) mass is 419 g/mol. The summed E-state index contributed by atoms with van der Waals surface area (Å²) < 4.78 is 1.95. The number of carbonyl (C=O) groups excluding carboxylic acids is 1. The van der Waals surface area contributed by atoms with E-state index in [4.69, 9.17) is 5.73 Å². The zero-order valence-electron chi connectivity index (χ0n) is 13.1. The summed E-state index contributed by atoms with van der Waals surface area (Å²) in [7, 11) is 0. The SMILES string of the molecule is Nc1c(/C=C2\C=CC(=O)C(Br)=C2)c(=O)nc2sc(N3CCCC3)nn12. The molecule has 2 aromatic heterocycles. The van der Waals surface area contributed by atoms with Gasteiger partial charge in [-0.1, -0.05) is 17.4 Å². The summed E-state index contributed by atoms with van der Waals surface area (Å²) in [6.07, 6.45) is 8.62. The summed E-state index contributed by atoms with van der Waals surface area (Å²) >= 11 is 4.56. The molecule has 1 aliphatic carbocycles. The topological polar surface area (TPSA) is 93.6 Å². The Morgan fingerprint density at radius 2 is 2.00 bits per heavy atom. The lowest BCUT2D eigenvalue weighted by atomic mass is 10.1. The molecule has 0 spiro atoms. The fourth-order valence-electron chi connectivity index (χ4n) is 2.82. The standard InChI is InChI=1S/C16H14BrN5O2S/c17-11-8-9(3-4-12(11)23)7-10-13(18)22-15(19-14(10)24)25-16(20-22)21-5-1-2-6-21/h3-4,7-8H,1-2,5-6,18H2/b9-7+. The molecule has 0 radical (unpaired) electrons. The fraction of sp³-hybridized carbons (Fsp3) is 0.250. The largest absolute Gasteiger partial charge is 0.383 e. The Balaban J connectivity index is 1.81. The number of carbonyl (C=O) groups is 1. The molecule has 2 aromatic rings. The van der Waals surface area contributed by atoms with Gasteiger partial charge in [-0.15, -0.1) is 5.10 Å². The van der Waals surface area contributed by atoms with E-state index in [0.717, 1.165) is 31.1 Å². The first-order valence-electron chi connectivity index (χ1n) is 7.78. The summed E-state index contributed by atoms with van der Waals surface area (Å²) in [6.45, 7) is 1.91. The van der Waals surface area contributed by atoms with Crippen molar-refractivity contribution in [3.05, 3.63) is 44.2 Å². The van der Waals surface area contributed by atoms with Gasteiger partial charge < -0.3 is 10.6 Å². The van der Waals surface area contributed by atoms with Crippen LogP contribution in [0, 0.1) is 0 Å². The van der Waals surface area contributed by atoms with Gasteiger partial charge in [0.2, 0.25) is 10.1 Å². The third-order valence-corrected chi connectivity index (χ3v) is 5.71. The Bertz CT molecular complexity index is 1030. The van der Waals surface area contributed by atoms with E-state index in [2.05, 4.69) is 30.9 Å². The van der Waals surface area contributed by atoms with Crippen LogP contribution in [-0.2, 0) is 4.79 Å². The van der Waals surface area contributed by atoms with E-state index in [1.54, 1.807) is 18.2 Å². The number of nitrogens with two attached hydrogens (primary N) is 1. The second kappa shape index (κ2) is 6.23. The van der Waals surface area contributed by atoms with Gasteiger partial charge in [-0.25, -0.2) is 0 Å². The van der Waals surface area contributed by atoms with E-state index >= 15 is 0 Å². The highest BCUT2D eigenvalue weighted by Gasteiger charge is 2.19. The maximum absolute atomic E-state index is 12.4. The second-order valence-corrected chi connectivity index (χ2v) is 7.61. The molecule has 2 aliphatic rings. The van der Waals surface area contributed by atoms with Crippen molar-refractivity contribution in [1.29, 1.82) is 0 Å². The van der Waals surface area contributed by atoms with E-state index < -0.39 is 5.56 Å². The van der Waals surface area contributed by atoms with Gasteiger partial charge in [0.15, 0.2) is 5.78 Å². The van der Waals surface area contributed by atoms with Crippen LogP contribution in [0.3, 0.4) is 0 Å². The first-order chi connectivity index (χ1) is 12.0. The molecule has 9 heteroatoms. The van der Waals surface area contributed by atoms with E-state index in [1.807, 2.05) is 0 Å². The molecular weight excluding hydrogens is 406 g/mol. The normalized spacial score (nSPS) is 19.2. The maximum atomic E-state index is 12.4. The molecule has 0 aromatic carbocycles. The zero-order valence-corrected chi connectivity index (χ0v) is 15.5. The molecular formula is C16H14BrN5O2S. The van der Waals surface area contributed by atoms with E-state index in [0.29, 0.717) is 15.0 Å². The third-order valence-electron chi connectivity index (χ3n) is 4.12. The van der Waals surface area contributed by atoms with Crippen molar-refractivity contribution in [3.63, 3.8) is 0 Å². The lowest BCUT2D eigenvalue weighted by Crippen LogP contribution is -2.18. The van der Waals surface area contributed by atoms with Gasteiger partial charge in [-0.05, 0) is 52.6 Å². The first kappa shape index (κ1) is 16.2. The molecule has 1 fully saturated rings. The highest BCUT2D eigenvalue weighted by Crippen LogP contribution is 2.27. The minimum atomic E-state index is -0.406. The zero-order chi connectivity index (χ0) is 17.6. The van der Waals surface area contributed by atoms with Crippen LogP contribution in [0.15, 0.2) is 33.1 Å². The number of anilines is 2. The Morgan fingerprint density at radius 3 is 2.72 bits per heavy atom. The van der Waals surface area contributed by atoms with Crippen LogP contribution in [0.25, 0.3) is 11.0 Å². The Hall–Kier alpha value is -2.26. The van der Waals surface area contributed by atoms with Gasteiger partial charge in [0.1, 0.15) is 5.82 Å². The van der Waals surface area contributed by atoms with Gasteiger partial charge in [0.05, 0.1) is 10.0 Å². The van der Waals surface area contributed by atoms with Crippen molar-refractivity contribution in [1.82, 2.24) is 14.6 Å². The van der Waals surface area contributed by atoms with Crippen molar-refractivity contribution < 1.29 is 4.79 Å². The van der Waals surface area contributed by atoms with Crippen LogP contribution in [0.2, 0.25) is 0 Å². The lowest BCUT2D eigenvalue weighted by molar-refractivity contribution is -0.110. The van der Waals surface area contributed by atoms with Crippen LogP contribution in [0.1, 0.15) is 18.4 Å². The van der Waals surface area contributed by atoms with Crippen molar-refractivity contribution in [2.45, 2.75) is 12.8 Å². The molecule has 3 heterocycles. The van der Waals surface area contributed by atoms with E-state index in [1.165, 1.54) is 21.9 Å². The number of nitrogens with zero attached hydrogens (tertiary/aromatic N) is 4. The predicted molar refractivity (Wildman–Crippen MR) is 102 cm³/mol. The van der Waals surface area contributed by atoms with Crippen LogP contribution < -0.4 is 16.2 Å².